The Kier molecular flexibility index (Phi) is 5.54. The van der Waals surface area contributed by atoms with Crippen LogP contribution < -0.4 is 5.46 Å². The number of nitrogens with zero attached hydrogens (tertiary/aromatic N) is 2. The molecule has 1 aromatic rings. The molecule has 10 heteroatoms. The molecule has 1 unspecified atom stereocenters. The summed E-state index contributed by atoms with van der Waals surface area (Å²) in [7, 11) is 0.745. The second kappa shape index (κ2) is 6.59. The highest BCUT2D eigenvalue weighted by atomic mass is 127. The molecule has 0 bridgehead atoms. The number of aromatic nitrogens is 2. The Labute approximate surface area is 143 Å². The summed E-state index contributed by atoms with van der Waals surface area (Å²) in [5.41, 5.74) is -0.674. The van der Waals surface area contributed by atoms with Gasteiger partial charge in [-0.1, -0.05) is 0 Å². The van der Waals surface area contributed by atoms with Crippen molar-refractivity contribution in [1.82, 2.24) is 9.78 Å². The van der Waals surface area contributed by atoms with Crippen molar-refractivity contribution in [2.45, 2.75) is 51.9 Å². The smallest absolute Gasteiger partial charge is 0.399 e. The number of halogens is 3. The number of aryl methyl sites for hydroxylation is 1. The number of alkyl halides is 2. The highest BCUT2D eigenvalue weighted by Gasteiger charge is 2.54. The topological polar surface area (TPSA) is 45.5 Å². The Morgan fingerprint density at radius 3 is 2.32 bits per heavy atom. The van der Waals surface area contributed by atoms with E-state index < -0.39 is 24.7 Å². The van der Waals surface area contributed by atoms with Crippen molar-refractivity contribution >= 4 is 41.1 Å². The monoisotopic (exact) mass is 446 g/mol. The molecule has 1 aromatic heterocycles. The fourth-order valence-corrected chi connectivity index (χ4v) is 2.90. The molecule has 1 fully saturated rings. The molecular weight excluding hydrogens is 427 g/mol. The van der Waals surface area contributed by atoms with Crippen LogP contribution in [-0.4, -0.2) is 28.1 Å². The number of hydrogen-bond donors (Lipinski definition) is 0. The molecule has 1 aliphatic rings. The third-order valence-electron chi connectivity index (χ3n) is 4.19. The molecule has 0 saturated carbocycles. The Morgan fingerprint density at radius 2 is 1.86 bits per heavy atom. The molecule has 124 valence electrons. The molecule has 5 nitrogen and oxygen atoms in total. The highest BCUT2D eigenvalue weighted by Crippen LogP contribution is 2.37. The van der Waals surface area contributed by atoms with Crippen molar-refractivity contribution in [1.29, 1.82) is 0 Å². The minimum absolute atomic E-state index is 0.191. The first-order valence-electron chi connectivity index (χ1n) is 6.77. The van der Waals surface area contributed by atoms with Gasteiger partial charge in [-0.25, -0.2) is 8.78 Å². The van der Waals surface area contributed by atoms with Gasteiger partial charge in [-0.2, -0.15) is 5.10 Å². The van der Waals surface area contributed by atoms with E-state index in [4.69, 9.17) is 13.8 Å². The van der Waals surface area contributed by atoms with Gasteiger partial charge in [0.25, 0.3) is 6.43 Å². The van der Waals surface area contributed by atoms with Gasteiger partial charge in [-0.3, -0.25) is 4.68 Å². The maximum atomic E-state index is 13.4. The van der Waals surface area contributed by atoms with E-state index in [0.717, 1.165) is 0 Å². The van der Waals surface area contributed by atoms with Crippen LogP contribution in [0.4, 0.5) is 8.78 Å². The number of hydrogen-bond acceptors (Lipinski definition) is 4. The number of rotatable bonds is 5. The molecule has 2 rings (SSSR count). The van der Waals surface area contributed by atoms with Gasteiger partial charge in [0.15, 0.2) is 0 Å². The lowest BCUT2D eigenvalue weighted by molar-refractivity contribution is 0.00578. The van der Waals surface area contributed by atoms with Crippen LogP contribution in [0.2, 0.25) is 0 Å². The highest BCUT2D eigenvalue weighted by molar-refractivity contribution is 14.2. The largest absolute Gasteiger partial charge is 0.498 e. The fourth-order valence-electron chi connectivity index (χ4n) is 2.24. The molecule has 0 aromatic carbocycles. The van der Waals surface area contributed by atoms with E-state index in [-0.39, 0.29) is 24.2 Å². The van der Waals surface area contributed by atoms with Gasteiger partial charge in [0, 0.05) is 12.5 Å². The first-order valence-corrected chi connectivity index (χ1v) is 10.8. The predicted molar refractivity (Wildman–Crippen MR) is 91.0 cm³/mol. The van der Waals surface area contributed by atoms with Crippen LogP contribution in [0, 0.1) is 0 Å². The van der Waals surface area contributed by atoms with Crippen LogP contribution in [0.5, 0.6) is 0 Å². The zero-order valence-corrected chi connectivity index (χ0v) is 16.3. The van der Waals surface area contributed by atoms with E-state index in [0.29, 0.717) is 5.69 Å². The van der Waals surface area contributed by atoms with Gasteiger partial charge < -0.3 is 13.8 Å². The zero-order chi connectivity index (χ0) is 16.7. The quantitative estimate of drug-likeness (QED) is 0.397. The second-order valence-electron chi connectivity index (χ2n) is 6.12. The van der Waals surface area contributed by atoms with Crippen LogP contribution in [0.25, 0.3) is 0 Å². The van der Waals surface area contributed by atoms with Crippen molar-refractivity contribution in [2.24, 2.45) is 7.05 Å². The van der Waals surface area contributed by atoms with E-state index in [9.17, 15) is 8.78 Å². The van der Waals surface area contributed by atoms with E-state index in [1.807, 2.05) is 27.7 Å². The Morgan fingerprint density at radius 1 is 1.32 bits per heavy atom. The maximum Gasteiger partial charge on any atom is 0.498 e. The lowest BCUT2D eigenvalue weighted by atomic mass is 9.77. The molecule has 1 saturated heterocycles. The summed E-state index contributed by atoms with van der Waals surface area (Å²) in [6.07, 6.45) is -2.70. The summed E-state index contributed by atoms with van der Waals surface area (Å²) in [5.74, 6) is 0. The molecule has 22 heavy (non-hydrogen) atoms. The van der Waals surface area contributed by atoms with Crippen LogP contribution in [-0.2, 0) is 27.5 Å². The van der Waals surface area contributed by atoms with Crippen molar-refractivity contribution in [3.8, 4) is 0 Å². The second-order valence-corrected chi connectivity index (χ2v) is 7.89. The minimum atomic E-state index is -2.70. The summed E-state index contributed by atoms with van der Waals surface area (Å²) in [6.45, 7) is 7.95. The van der Waals surface area contributed by atoms with Gasteiger partial charge >= 0.3 is 7.12 Å². The average molecular weight is 446 g/mol. The minimum Gasteiger partial charge on any atom is -0.399 e. The maximum absolute atomic E-state index is 13.4. The van der Waals surface area contributed by atoms with Crippen molar-refractivity contribution in [2.75, 3.05) is 0 Å². The first kappa shape index (κ1) is 18.5. The molecule has 0 amide bonds. The van der Waals surface area contributed by atoms with E-state index in [2.05, 4.69) is 27.1 Å². The van der Waals surface area contributed by atoms with Gasteiger partial charge in [0.2, 0.25) is 0 Å². The molecule has 0 spiro atoms. The first-order chi connectivity index (χ1) is 10.1. The van der Waals surface area contributed by atoms with Crippen molar-refractivity contribution < 1.29 is 22.6 Å². The molecule has 1 aliphatic heterocycles. The summed E-state index contributed by atoms with van der Waals surface area (Å²) >= 11 is 2.08. The fraction of sp³-hybridized carbons (Fsp3) is 0.750. The predicted octanol–water partition coefficient (Wildman–Crippen LogP) is 3.12. The van der Waals surface area contributed by atoms with E-state index in [1.54, 1.807) is 7.05 Å². The van der Waals surface area contributed by atoms with Gasteiger partial charge in [-0.05, 0) is 49.7 Å². The normalized spacial score (nSPS) is 20.7. The Hall–Kier alpha value is 0.175. The van der Waals surface area contributed by atoms with Crippen LogP contribution in [0.3, 0.4) is 0 Å². The molecule has 2 heterocycles. The third kappa shape index (κ3) is 3.33. The van der Waals surface area contributed by atoms with Crippen molar-refractivity contribution in [3.63, 3.8) is 0 Å². The SMILES string of the molecule is Cn1nc(C(F)F)c(B2OC(C)(C)C(C)(C)O2)c1COPI. The average Bonchev–Trinajstić information content (AvgIpc) is 2.81. The van der Waals surface area contributed by atoms with Crippen molar-refractivity contribution in [3.05, 3.63) is 11.4 Å². The molecule has 0 N–H and O–H groups in total. The lowest BCUT2D eigenvalue weighted by Crippen LogP contribution is -2.41. The van der Waals surface area contributed by atoms with Gasteiger partial charge in [0.1, 0.15) is 5.69 Å². The van der Waals surface area contributed by atoms with Gasteiger partial charge in [-0.15, -0.1) is 0 Å². The molecule has 0 aliphatic carbocycles. The van der Waals surface area contributed by atoms with Crippen LogP contribution in [0.1, 0.15) is 45.5 Å². The van der Waals surface area contributed by atoms with E-state index >= 15 is 0 Å². The molecular formula is C12H19BF2IN2O3P. The van der Waals surface area contributed by atoms with Crippen LogP contribution >= 0.6 is 28.5 Å². The third-order valence-corrected chi connectivity index (χ3v) is 5.38. The Bertz CT molecular complexity index is 541. The standard InChI is InChI=1S/C12H19BF2IN2O3P/c1-11(2)12(3,4)21-13(20-11)8-7(6-19-22-16)18(5)17-9(8)10(14)15/h10,22H,6H2,1-5H3. The molecule has 1 atom stereocenters. The Balaban J connectivity index is 2.45. The van der Waals surface area contributed by atoms with Crippen LogP contribution in [0.15, 0.2) is 0 Å². The summed E-state index contributed by atoms with van der Waals surface area (Å²) < 4.78 is 45.3. The van der Waals surface area contributed by atoms with E-state index in [1.165, 1.54) is 4.68 Å². The van der Waals surface area contributed by atoms with Gasteiger partial charge in [0.05, 0.1) is 30.0 Å². The lowest BCUT2D eigenvalue weighted by Gasteiger charge is -2.32. The summed E-state index contributed by atoms with van der Waals surface area (Å²) in [5, 5.41) is 3.93. The molecule has 0 radical (unpaired) electrons. The summed E-state index contributed by atoms with van der Waals surface area (Å²) in [6, 6.07) is 0. The summed E-state index contributed by atoms with van der Waals surface area (Å²) in [4.78, 5) is 0. The zero-order valence-electron chi connectivity index (χ0n) is 13.1.